The van der Waals surface area contributed by atoms with Gasteiger partial charge in [0.05, 0.1) is 12.2 Å². The number of thioether (sulfide) groups is 1. The van der Waals surface area contributed by atoms with Crippen molar-refractivity contribution in [3.8, 4) is 0 Å². The van der Waals surface area contributed by atoms with Gasteiger partial charge in [-0.15, -0.1) is 0 Å². The zero-order chi connectivity index (χ0) is 15.3. The number of benzene rings is 1. The van der Waals surface area contributed by atoms with E-state index in [9.17, 15) is 22.8 Å². The number of hydrogen-bond acceptors (Lipinski definition) is 4. The van der Waals surface area contributed by atoms with Crippen molar-refractivity contribution in [2.45, 2.75) is 30.7 Å². The van der Waals surface area contributed by atoms with Crippen LogP contribution in [0, 0.1) is 0 Å². The Hall–Kier alpha value is -1.50. The summed E-state index contributed by atoms with van der Waals surface area (Å²) >= 11 is -0.403. The number of esters is 1. The Kier molecular flexibility index (Phi) is 5.62. The van der Waals surface area contributed by atoms with E-state index in [1.165, 1.54) is 25.1 Å². The first-order valence-corrected chi connectivity index (χ1v) is 6.60. The second kappa shape index (κ2) is 6.78. The van der Waals surface area contributed by atoms with Crippen molar-refractivity contribution in [2.75, 3.05) is 6.61 Å². The summed E-state index contributed by atoms with van der Waals surface area (Å²) in [6.07, 6.45) is -0.161. The number of carbonyl (C=O) groups excluding carboxylic acids is 2. The van der Waals surface area contributed by atoms with Crippen LogP contribution in [0.3, 0.4) is 0 Å². The Morgan fingerprint density at radius 1 is 1.30 bits per heavy atom. The lowest BCUT2D eigenvalue weighted by Gasteiger charge is -2.14. The van der Waals surface area contributed by atoms with E-state index in [1.54, 1.807) is 6.92 Å². The molecule has 0 saturated heterocycles. The van der Waals surface area contributed by atoms with Crippen molar-refractivity contribution >= 4 is 23.5 Å². The highest BCUT2D eigenvalue weighted by Gasteiger charge is 2.33. The van der Waals surface area contributed by atoms with Gasteiger partial charge < -0.3 is 4.74 Å². The Bertz CT molecular complexity index is 512. The molecule has 1 rings (SSSR count). The minimum absolute atomic E-state index is 0.0614. The van der Waals surface area contributed by atoms with Gasteiger partial charge in [0, 0.05) is 11.3 Å². The van der Waals surface area contributed by atoms with Crippen LogP contribution in [-0.4, -0.2) is 23.9 Å². The van der Waals surface area contributed by atoms with Crippen molar-refractivity contribution < 1.29 is 27.5 Å². The Morgan fingerprint density at radius 2 is 1.95 bits per heavy atom. The fraction of sp³-hybridized carbons (Fsp3) is 0.385. The van der Waals surface area contributed by atoms with Gasteiger partial charge in [0.1, 0.15) is 5.78 Å². The number of carbonyl (C=O) groups is 2. The predicted molar refractivity (Wildman–Crippen MR) is 68.7 cm³/mol. The standard InChI is InChI=1S/C13H13F3O3S/c1-3-19-12(18)10-6-4-5-9(7-8(2)17)11(10)20-13(14,15)16/h4-6H,3,7H2,1-2H3. The largest absolute Gasteiger partial charge is 0.462 e. The normalized spacial score (nSPS) is 11.2. The summed E-state index contributed by atoms with van der Waals surface area (Å²) < 4.78 is 42.6. The van der Waals surface area contributed by atoms with Crippen LogP contribution in [-0.2, 0) is 16.0 Å². The number of halogens is 3. The molecule has 0 heterocycles. The third-order valence-electron chi connectivity index (χ3n) is 2.25. The highest BCUT2D eigenvalue weighted by molar-refractivity contribution is 8.00. The van der Waals surface area contributed by atoms with Gasteiger partial charge in [-0.05, 0) is 37.2 Å². The van der Waals surface area contributed by atoms with Gasteiger partial charge in [-0.1, -0.05) is 12.1 Å². The van der Waals surface area contributed by atoms with Crippen molar-refractivity contribution in [1.82, 2.24) is 0 Å². The second-order valence-electron chi connectivity index (χ2n) is 3.94. The average molecular weight is 306 g/mol. The molecule has 1 aromatic rings. The van der Waals surface area contributed by atoms with Crippen LogP contribution in [0.15, 0.2) is 23.1 Å². The lowest BCUT2D eigenvalue weighted by molar-refractivity contribution is -0.116. The molecule has 3 nitrogen and oxygen atoms in total. The summed E-state index contributed by atoms with van der Waals surface area (Å²) in [4.78, 5) is 22.6. The Morgan fingerprint density at radius 3 is 2.45 bits per heavy atom. The number of Topliss-reactive ketones (excluding diaryl/α,β-unsaturated/α-hetero) is 1. The summed E-state index contributed by atoms with van der Waals surface area (Å²) in [6.45, 7) is 2.90. The number of alkyl halides is 3. The molecule has 110 valence electrons. The lowest BCUT2D eigenvalue weighted by atomic mass is 10.1. The first kappa shape index (κ1) is 16.6. The molecule has 0 N–H and O–H groups in total. The first-order chi connectivity index (χ1) is 9.24. The molecule has 0 radical (unpaired) electrons. The summed E-state index contributed by atoms with van der Waals surface area (Å²) in [5, 5.41) is 0. The fourth-order valence-corrected chi connectivity index (χ4v) is 2.36. The van der Waals surface area contributed by atoms with Crippen molar-refractivity contribution in [3.63, 3.8) is 0 Å². The van der Waals surface area contributed by atoms with Gasteiger partial charge in [0.2, 0.25) is 0 Å². The van der Waals surface area contributed by atoms with Crippen LogP contribution in [0.5, 0.6) is 0 Å². The monoisotopic (exact) mass is 306 g/mol. The maximum absolute atomic E-state index is 12.6. The molecule has 0 aliphatic heterocycles. The number of hydrogen-bond donors (Lipinski definition) is 0. The molecular formula is C13H13F3O3S. The Balaban J connectivity index is 3.28. The zero-order valence-electron chi connectivity index (χ0n) is 10.9. The minimum atomic E-state index is -4.55. The quantitative estimate of drug-likeness (QED) is 0.616. The third kappa shape index (κ3) is 4.88. The highest BCUT2D eigenvalue weighted by atomic mass is 32.2. The minimum Gasteiger partial charge on any atom is -0.462 e. The van der Waals surface area contributed by atoms with Crippen molar-refractivity contribution in [2.24, 2.45) is 0 Å². The van der Waals surface area contributed by atoms with Crippen LogP contribution in [0.1, 0.15) is 29.8 Å². The molecule has 1 aromatic carbocycles. The Labute approximate surface area is 118 Å². The number of ketones is 1. The first-order valence-electron chi connectivity index (χ1n) is 5.78. The van der Waals surface area contributed by atoms with Crippen molar-refractivity contribution in [3.05, 3.63) is 29.3 Å². The topological polar surface area (TPSA) is 43.4 Å². The van der Waals surface area contributed by atoms with Crippen LogP contribution < -0.4 is 0 Å². The van der Waals surface area contributed by atoms with E-state index in [4.69, 9.17) is 4.74 Å². The molecule has 0 aliphatic carbocycles. The molecule has 0 amide bonds. The van der Waals surface area contributed by atoms with Crippen LogP contribution in [0.4, 0.5) is 13.2 Å². The van der Waals surface area contributed by atoms with E-state index in [-0.39, 0.29) is 34.8 Å². The molecule has 0 spiro atoms. The summed E-state index contributed by atoms with van der Waals surface area (Å²) in [5.41, 5.74) is -4.55. The van der Waals surface area contributed by atoms with Crippen LogP contribution in [0.2, 0.25) is 0 Å². The maximum atomic E-state index is 12.6. The molecule has 0 bridgehead atoms. The summed E-state index contributed by atoms with van der Waals surface area (Å²) in [5.74, 6) is -1.11. The van der Waals surface area contributed by atoms with E-state index in [2.05, 4.69) is 0 Å². The molecule has 0 aromatic heterocycles. The van der Waals surface area contributed by atoms with E-state index in [0.29, 0.717) is 0 Å². The maximum Gasteiger partial charge on any atom is 0.446 e. The van der Waals surface area contributed by atoms with E-state index >= 15 is 0 Å². The molecule has 0 aliphatic rings. The van der Waals surface area contributed by atoms with Gasteiger partial charge in [-0.2, -0.15) is 13.2 Å². The zero-order valence-corrected chi connectivity index (χ0v) is 11.7. The molecule has 20 heavy (non-hydrogen) atoms. The molecule has 0 unspecified atom stereocenters. The third-order valence-corrected chi connectivity index (χ3v) is 3.17. The predicted octanol–water partition coefficient (Wildman–Crippen LogP) is 3.61. The molecular weight excluding hydrogens is 293 g/mol. The van der Waals surface area contributed by atoms with Crippen LogP contribution in [0.25, 0.3) is 0 Å². The smallest absolute Gasteiger partial charge is 0.446 e. The molecule has 0 fully saturated rings. The summed E-state index contributed by atoms with van der Waals surface area (Å²) in [7, 11) is 0. The summed E-state index contributed by atoms with van der Waals surface area (Å²) in [6, 6.07) is 4.10. The fourth-order valence-electron chi connectivity index (χ4n) is 1.60. The van der Waals surface area contributed by atoms with Gasteiger partial charge in [0.15, 0.2) is 0 Å². The number of rotatable bonds is 5. The van der Waals surface area contributed by atoms with Gasteiger partial charge in [0.25, 0.3) is 0 Å². The lowest BCUT2D eigenvalue weighted by Crippen LogP contribution is -2.11. The molecule has 7 heteroatoms. The molecule has 0 atom stereocenters. The van der Waals surface area contributed by atoms with Gasteiger partial charge in [-0.25, -0.2) is 4.79 Å². The second-order valence-corrected chi connectivity index (χ2v) is 5.02. The van der Waals surface area contributed by atoms with Gasteiger partial charge in [-0.3, -0.25) is 4.79 Å². The van der Waals surface area contributed by atoms with E-state index < -0.39 is 23.2 Å². The van der Waals surface area contributed by atoms with Gasteiger partial charge >= 0.3 is 11.5 Å². The van der Waals surface area contributed by atoms with E-state index in [0.717, 1.165) is 0 Å². The van der Waals surface area contributed by atoms with Crippen molar-refractivity contribution in [1.29, 1.82) is 0 Å². The number of ether oxygens (including phenoxy) is 1. The average Bonchev–Trinajstić information content (AvgIpc) is 2.29. The van der Waals surface area contributed by atoms with Crippen LogP contribution >= 0.6 is 11.8 Å². The van der Waals surface area contributed by atoms with E-state index in [1.807, 2.05) is 0 Å². The molecule has 0 saturated carbocycles. The SMILES string of the molecule is CCOC(=O)c1cccc(CC(C)=O)c1SC(F)(F)F. The highest BCUT2D eigenvalue weighted by Crippen LogP contribution is 2.40.